The van der Waals surface area contributed by atoms with Crippen LogP contribution in [-0.2, 0) is 11.3 Å². The van der Waals surface area contributed by atoms with Crippen molar-refractivity contribution in [2.45, 2.75) is 38.8 Å². The van der Waals surface area contributed by atoms with Gasteiger partial charge in [-0.2, -0.15) is 8.78 Å². The number of carbonyl (C=O) groups is 1. The lowest BCUT2D eigenvalue weighted by atomic mass is 10.1. The van der Waals surface area contributed by atoms with Crippen LogP contribution in [-0.4, -0.2) is 24.3 Å². The summed E-state index contributed by atoms with van der Waals surface area (Å²) < 4.78 is 51.1. The molecule has 7 heteroatoms. The van der Waals surface area contributed by atoms with Crippen molar-refractivity contribution in [1.29, 1.82) is 0 Å². The number of hydrogen-bond acceptors (Lipinski definition) is 2. The molecule has 1 aromatic rings. The Labute approximate surface area is 114 Å². The molecule has 0 aliphatic rings. The monoisotopic (exact) mass is 292 g/mol. The zero-order valence-corrected chi connectivity index (χ0v) is 11.1. The molecule has 0 heterocycles. The van der Waals surface area contributed by atoms with Crippen LogP contribution in [0.1, 0.15) is 19.4 Å². The smallest absolute Gasteiger partial charge is 0.326 e. The average molecular weight is 292 g/mol. The highest BCUT2D eigenvalue weighted by molar-refractivity contribution is 5.99. The van der Waals surface area contributed by atoms with Gasteiger partial charge >= 0.3 is 18.3 Å². The van der Waals surface area contributed by atoms with Crippen LogP contribution < -0.4 is 10.6 Å². The summed E-state index contributed by atoms with van der Waals surface area (Å²) in [5, 5.41) is 0. The summed E-state index contributed by atoms with van der Waals surface area (Å²) >= 11 is 0. The van der Waals surface area contributed by atoms with Crippen molar-refractivity contribution >= 4 is 11.6 Å². The second-order valence-corrected chi connectivity index (χ2v) is 4.56. The number of amides is 1. The fourth-order valence-corrected chi connectivity index (χ4v) is 1.70. The van der Waals surface area contributed by atoms with Gasteiger partial charge in [-0.1, -0.05) is 12.1 Å². The van der Waals surface area contributed by atoms with Gasteiger partial charge in [-0.25, -0.2) is 8.78 Å². The molecule has 0 aliphatic carbocycles. The first-order valence-electron chi connectivity index (χ1n) is 6.00. The quantitative estimate of drug-likeness (QED) is 0.848. The van der Waals surface area contributed by atoms with Crippen molar-refractivity contribution in [3.05, 3.63) is 29.8 Å². The first-order chi connectivity index (χ1) is 9.21. The third-order valence-corrected chi connectivity index (χ3v) is 2.74. The minimum absolute atomic E-state index is 0.127. The fraction of sp³-hybridized carbons (Fsp3) is 0.462. The topological polar surface area (TPSA) is 46.3 Å². The maximum atomic E-state index is 13.2. The van der Waals surface area contributed by atoms with Gasteiger partial charge in [-0.05, 0) is 31.5 Å². The summed E-state index contributed by atoms with van der Waals surface area (Å²) in [5.41, 5.74) is 6.27. The lowest BCUT2D eigenvalue weighted by molar-refractivity contribution is -0.166. The molecule has 1 amide bonds. The third-order valence-electron chi connectivity index (χ3n) is 2.74. The van der Waals surface area contributed by atoms with Gasteiger partial charge in [0, 0.05) is 18.3 Å². The van der Waals surface area contributed by atoms with Crippen LogP contribution in [0.25, 0.3) is 0 Å². The highest BCUT2D eigenvalue weighted by atomic mass is 19.3. The van der Waals surface area contributed by atoms with Gasteiger partial charge < -0.3 is 10.6 Å². The van der Waals surface area contributed by atoms with Crippen LogP contribution >= 0.6 is 0 Å². The second kappa shape index (κ2) is 6.21. The number of halogens is 4. The van der Waals surface area contributed by atoms with Gasteiger partial charge in [-0.15, -0.1) is 0 Å². The molecule has 0 bridgehead atoms. The molecule has 0 fully saturated rings. The summed E-state index contributed by atoms with van der Waals surface area (Å²) in [6, 6.07) is 5.23. The number of nitrogens with two attached hydrogens (primary N) is 1. The fourth-order valence-electron chi connectivity index (χ4n) is 1.70. The average Bonchev–Trinajstić information content (AvgIpc) is 2.39. The Balaban J connectivity index is 3.14. The van der Waals surface area contributed by atoms with E-state index in [-0.39, 0.29) is 12.2 Å². The van der Waals surface area contributed by atoms with E-state index in [1.54, 1.807) is 12.1 Å². The maximum absolute atomic E-state index is 13.2. The van der Waals surface area contributed by atoms with Crippen molar-refractivity contribution < 1.29 is 22.4 Å². The molecule has 0 aliphatic heterocycles. The van der Waals surface area contributed by atoms with E-state index in [9.17, 15) is 22.4 Å². The molecule has 112 valence electrons. The Morgan fingerprint density at radius 2 is 1.75 bits per heavy atom. The Bertz CT molecular complexity index is 460. The molecule has 0 aromatic heterocycles. The number of carbonyl (C=O) groups excluding carboxylic acids is 1. The highest BCUT2D eigenvalue weighted by Gasteiger charge is 2.52. The first-order valence-corrected chi connectivity index (χ1v) is 6.00. The van der Waals surface area contributed by atoms with E-state index in [1.807, 2.05) is 0 Å². The van der Waals surface area contributed by atoms with Crippen LogP contribution in [0.15, 0.2) is 24.3 Å². The van der Waals surface area contributed by atoms with Crippen molar-refractivity contribution in [3.63, 3.8) is 0 Å². The van der Waals surface area contributed by atoms with Crippen molar-refractivity contribution in [1.82, 2.24) is 0 Å². The molecular formula is C13H16F4N2O. The molecule has 20 heavy (non-hydrogen) atoms. The third kappa shape index (κ3) is 3.27. The van der Waals surface area contributed by atoms with Crippen LogP contribution in [0.5, 0.6) is 0 Å². The highest BCUT2D eigenvalue weighted by Crippen LogP contribution is 2.29. The van der Waals surface area contributed by atoms with Crippen LogP contribution in [0.4, 0.5) is 23.2 Å². The van der Waals surface area contributed by atoms with E-state index in [1.165, 1.54) is 26.0 Å². The molecule has 1 aromatic carbocycles. The molecule has 0 unspecified atom stereocenters. The zero-order chi connectivity index (χ0) is 15.5. The molecule has 0 spiro atoms. The number of rotatable bonds is 5. The first kappa shape index (κ1) is 16.4. The SMILES string of the molecule is CC(C)N(C(=O)C(F)(F)C(F)F)c1ccc(CN)cc1. The van der Waals surface area contributed by atoms with Gasteiger partial charge in [0.1, 0.15) is 0 Å². The minimum atomic E-state index is -4.71. The lowest BCUT2D eigenvalue weighted by Crippen LogP contribution is -2.50. The standard InChI is InChI=1S/C13H16F4N2O/c1-8(2)19(12(20)13(16,17)11(14)15)10-5-3-9(7-18)4-6-10/h3-6,8,11H,7,18H2,1-2H3. The molecule has 2 N–H and O–H groups in total. The van der Waals surface area contributed by atoms with Crippen molar-refractivity contribution in [3.8, 4) is 0 Å². The zero-order valence-electron chi connectivity index (χ0n) is 11.1. The van der Waals surface area contributed by atoms with Crippen molar-refractivity contribution in [2.75, 3.05) is 4.90 Å². The molecule has 3 nitrogen and oxygen atoms in total. The number of anilines is 1. The normalized spacial score (nSPS) is 12.1. The van der Waals surface area contributed by atoms with E-state index in [0.717, 1.165) is 5.56 Å². The van der Waals surface area contributed by atoms with Gasteiger partial charge in [0.15, 0.2) is 0 Å². The Hall–Kier alpha value is -1.63. The number of hydrogen-bond donors (Lipinski definition) is 1. The summed E-state index contributed by atoms with van der Waals surface area (Å²) in [6.07, 6.45) is -4.04. The van der Waals surface area contributed by atoms with Gasteiger partial charge in [0.25, 0.3) is 0 Å². The molecule has 0 radical (unpaired) electrons. The van der Waals surface area contributed by atoms with E-state index < -0.39 is 24.3 Å². The number of nitrogens with zero attached hydrogens (tertiary/aromatic N) is 1. The number of benzene rings is 1. The summed E-state index contributed by atoms with van der Waals surface area (Å²) in [7, 11) is 0. The summed E-state index contributed by atoms with van der Waals surface area (Å²) in [5.74, 6) is -6.63. The van der Waals surface area contributed by atoms with Crippen molar-refractivity contribution in [2.24, 2.45) is 5.73 Å². The van der Waals surface area contributed by atoms with Crippen LogP contribution in [0.3, 0.4) is 0 Å². The molecule has 1 rings (SSSR count). The molecular weight excluding hydrogens is 276 g/mol. The second-order valence-electron chi connectivity index (χ2n) is 4.56. The molecule has 0 saturated heterocycles. The van der Waals surface area contributed by atoms with Gasteiger partial charge in [0.2, 0.25) is 0 Å². The van der Waals surface area contributed by atoms with Crippen LogP contribution in [0.2, 0.25) is 0 Å². The molecule has 0 atom stereocenters. The van der Waals surface area contributed by atoms with Crippen LogP contribution in [0, 0.1) is 0 Å². The Kier molecular flexibility index (Phi) is 5.10. The summed E-state index contributed by atoms with van der Waals surface area (Å²) in [6.45, 7) is 3.19. The maximum Gasteiger partial charge on any atom is 0.384 e. The minimum Gasteiger partial charge on any atom is -0.326 e. The Morgan fingerprint density at radius 3 is 2.10 bits per heavy atom. The van der Waals surface area contributed by atoms with Gasteiger partial charge in [-0.3, -0.25) is 4.79 Å². The lowest BCUT2D eigenvalue weighted by Gasteiger charge is -2.30. The van der Waals surface area contributed by atoms with E-state index in [2.05, 4.69) is 0 Å². The molecule has 0 saturated carbocycles. The van der Waals surface area contributed by atoms with E-state index in [0.29, 0.717) is 4.90 Å². The van der Waals surface area contributed by atoms with Gasteiger partial charge in [0.05, 0.1) is 0 Å². The largest absolute Gasteiger partial charge is 0.384 e. The predicted molar refractivity (Wildman–Crippen MR) is 67.9 cm³/mol. The Morgan fingerprint density at radius 1 is 1.25 bits per heavy atom. The van der Waals surface area contributed by atoms with E-state index >= 15 is 0 Å². The summed E-state index contributed by atoms with van der Waals surface area (Å²) in [4.78, 5) is 12.3. The van der Waals surface area contributed by atoms with E-state index in [4.69, 9.17) is 5.73 Å². The predicted octanol–water partition coefficient (Wildman–Crippen LogP) is 2.79. The number of alkyl halides is 4.